The molecule has 1 saturated heterocycles. The SMILES string of the molecule is C/C=C\C=C(/C)C(=O)N(Cc1csc(N2CCCC(CN)C2)n1)c1ccc(F)cc1. The predicted molar refractivity (Wildman–Crippen MR) is 122 cm³/mol. The van der Waals surface area contributed by atoms with Crippen molar-refractivity contribution in [2.45, 2.75) is 33.2 Å². The van der Waals surface area contributed by atoms with Crippen LogP contribution in [0.2, 0.25) is 0 Å². The Morgan fingerprint density at radius 3 is 2.87 bits per heavy atom. The lowest BCUT2D eigenvalue weighted by Gasteiger charge is -2.31. The summed E-state index contributed by atoms with van der Waals surface area (Å²) in [7, 11) is 0. The maximum absolute atomic E-state index is 13.4. The van der Waals surface area contributed by atoms with Gasteiger partial charge in [0, 0.05) is 29.7 Å². The first-order valence-corrected chi connectivity index (χ1v) is 11.2. The van der Waals surface area contributed by atoms with Gasteiger partial charge in [-0.25, -0.2) is 9.37 Å². The fourth-order valence-electron chi connectivity index (χ4n) is 3.53. The fourth-order valence-corrected chi connectivity index (χ4v) is 4.39. The van der Waals surface area contributed by atoms with E-state index in [0.717, 1.165) is 36.8 Å². The summed E-state index contributed by atoms with van der Waals surface area (Å²) in [5.41, 5.74) is 7.93. The minimum absolute atomic E-state index is 0.129. The Balaban J connectivity index is 1.82. The van der Waals surface area contributed by atoms with Crippen molar-refractivity contribution in [2.24, 2.45) is 11.7 Å². The number of benzene rings is 1. The Kier molecular flexibility index (Phi) is 7.76. The molecule has 0 radical (unpaired) electrons. The monoisotopic (exact) mass is 428 g/mol. The first-order chi connectivity index (χ1) is 14.5. The average Bonchev–Trinajstić information content (AvgIpc) is 3.25. The molecule has 2 aromatic rings. The van der Waals surface area contributed by atoms with E-state index in [4.69, 9.17) is 10.7 Å². The molecular formula is C23H29FN4OS. The second-order valence-electron chi connectivity index (χ2n) is 7.55. The van der Waals surface area contributed by atoms with Gasteiger partial charge in [-0.05, 0) is 63.4 Å². The highest BCUT2D eigenvalue weighted by atomic mass is 32.1. The summed E-state index contributed by atoms with van der Waals surface area (Å²) in [6.45, 7) is 6.62. The zero-order valence-corrected chi connectivity index (χ0v) is 18.4. The van der Waals surface area contributed by atoms with E-state index in [2.05, 4.69) is 4.90 Å². The van der Waals surface area contributed by atoms with Crippen molar-refractivity contribution < 1.29 is 9.18 Å². The Morgan fingerprint density at radius 1 is 1.40 bits per heavy atom. The fraction of sp³-hybridized carbons (Fsp3) is 0.391. The first-order valence-electron chi connectivity index (χ1n) is 10.3. The number of nitrogens with two attached hydrogens (primary N) is 1. The Labute approximate surface area is 181 Å². The molecule has 30 heavy (non-hydrogen) atoms. The Hall–Kier alpha value is -2.51. The number of carbonyl (C=O) groups excluding carboxylic acids is 1. The van der Waals surface area contributed by atoms with Gasteiger partial charge < -0.3 is 15.5 Å². The highest BCUT2D eigenvalue weighted by Gasteiger charge is 2.23. The number of halogens is 1. The third-order valence-corrected chi connectivity index (χ3v) is 6.19. The van der Waals surface area contributed by atoms with Crippen LogP contribution in [0.15, 0.2) is 53.4 Å². The number of aromatic nitrogens is 1. The second kappa shape index (κ2) is 10.5. The summed E-state index contributed by atoms with van der Waals surface area (Å²) in [5.74, 6) is 0.0426. The minimum atomic E-state index is -0.331. The molecule has 3 rings (SSSR count). The average molecular weight is 429 g/mol. The molecule has 1 amide bonds. The van der Waals surface area contributed by atoms with Crippen molar-refractivity contribution in [3.8, 4) is 0 Å². The third kappa shape index (κ3) is 5.55. The van der Waals surface area contributed by atoms with Gasteiger partial charge in [-0.3, -0.25) is 4.79 Å². The molecule has 0 bridgehead atoms. The number of anilines is 2. The van der Waals surface area contributed by atoms with Crippen LogP contribution >= 0.6 is 11.3 Å². The lowest BCUT2D eigenvalue weighted by atomic mass is 9.99. The predicted octanol–water partition coefficient (Wildman–Crippen LogP) is 4.51. The van der Waals surface area contributed by atoms with Gasteiger partial charge in [0.25, 0.3) is 5.91 Å². The highest BCUT2D eigenvalue weighted by molar-refractivity contribution is 7.13. The molecule has 1 fully saturated rings. The van der Waals surface area contributed by atoms with Crippen LogP contribution < -0.4 is 15.5 Å². The number of thiazole rings is 1. The van der Waals surface area contributed by atoms with Crippen LogP contribution in [-0.4, -0.2) is 30.5 Å². The van der Waals surface area contributed by atoms with Crippen molar-refractivity contribution in [3.63, 3.8) is 0 Å². The van der Waals surface area contributed by atoms with Gasteiger partial charge in [-0.15, -0.1) is 11.3 Å². The van der Waals surface area contributed by atoms with Crippen LogP contribution in [0.4, 0.5) is 15.2 Å². The number of piperidine rings is 1. The van der Waals surface area contributed by atoms with Crippen LogP contribution in [0, 0.1) is 11.7 Å². The number of hydrogen-bond donors (Lipinski definition) is 1. The molecule has 0 saturated carbocycles. The third-order valence-electron chi connectivity index (χ3n) is 5.24. The quantitative estimate of drug-likeness (QED) is 0.521. The minimum Gasteiger partial charge on any atom is -0.348 e. The number of nitrogens with zero attached hydrogens (tertiary/aromatic N) is 3. The van der Waals surface area contributed by atoms with Crippen molar-refractivity contribution in [2.75, 3.05) is 29.4 Å². The van der Waals surface area contributed by atoms with Crippen LogP contribution in [0.1, 0.15) is 32.4 Å². The Morgan fingerprint density at radius 2 is 2.17 bits per heavy atom. The van der Waals surface area contributed by atoms with Crippen LogP contribution in [0.5, 0.6) is 0 Å². The summed E-state index contributed by atoms with van der Waals surface area (Å²) < 4.78 is 13.4. The molecule has 1 atom stereocenters. The van der Waals surface area contributed by atoms with Crippen molar-refractivity contribution in [3.05, 3.63) is 65.0 Å². The van der Waals surface area contributed by atoms with E-state index >= 15 is 0 Å². The molecule has 1 aromatic carbocycles. The van der Waals surface area contributed by atoms with Gasteiger partial charge in [0.15, 0.2) is 5.13 Å². The molecule has 7 heteroatoms. The highest BCUT2D eigenvalue weighted by Crippen LogP contribution is 2.28. The van der Waals surface area contributed by atoms with E-state index in [9.17, 15) is 9.18 Å². The Bertz CT molecular complexity index is 906. The van der Waals surface area contributed by atoms with Crippen molar-refractivity contribution in [1.29, 1.82) is 0 Å². The lowest BCUT2D eigenvalue weighted by Crippen LogP contribution is -2.38. The molecule has 1 aliphatic heterocycles. The van der Waals surface area contributed by atoms with Gasteiger partial charge >= 0.3 is 0 Å². The van der Waals surface area contributed by atoms with E-state index < -0.39 is 0 Å². The topological polar surface area (TPSA) is 62.5 Å². The summed E-state index contributed by atoms with van der Waals surface area (Å²) in [4.78, 5) is 21.8. The molecule has 1 unspecified atom stereocenters. The number of rotatable bonds is 7. The molecular weight excluding hydrogens is 399 g/mol. The standard InChI is InChI=1S/C23H29FN4OS/c1-3-4-6-17(2)22(29)28(21-10-8-19(24)9-11-21)15-20-16-30-23(26-20)27-12-5-7-18(13-25)14-27/h3-4,6,8-11,16,18H,5,7,12-15,25H2,1-2H3/b4-3-,17-6+. The smallest absolute Gasteiger partial charge is 0.254 e. The lowest BCUT2D eigenvalue weighted by molar-refractivity contribution is -0.115. The molecule has 2 N–H and O–H groups in total. The van der Waals surface area contributed by atoms with Gasteiger partial charge in [0.1, 0.15) is 5.82 Å². The van der Waals surface area contributed by atoms with Crippen LogP contribution in [0.3, 0.4) is 0 Å². The normalized spacial score (nSPS) is 17.5. The largest absolute Gasteiger partial charge is 0.348 e. The zero-order valence-electron chi connectivity index (χ0n) is 17.6. The molecule has 2 heterocycles. The van der Waals surface area contributed by atoms with Crippen molar-refractivity contribution in [1.82, 2.24) is 4.98 Å². The number of hydrogen-bond acceptors (Lipinski definition) is 5. The van der Waals surface area contributed by atoms with E-state index in [-0.39, 0.29) is 11.7 Å². The number of amides is 1. The maximum Gasteiger partial charge on any atom is 0.254 e. The van der Waals surface area contributed by atoms with E-state index in [0.29, 0.717) is 30.3 Å². The number of carbonyl (C=O) groups is 1. The van der Waals surface area contributed by atoms with E-state index in [1.165, 1.54) is 12.1 Å². The van der Waals surface area contributed by atoms with E-state index in [1.54, 1.807) is 41.4 Å². The zero-order chi connectivity index (χ0) is 21.5. The molecule has 0 aliphatic carbocycles. The maximum atomic E-state index is 13.4. The van der Waals surface area contributed by atoms with Gasteiger partial charge in [0.05, 0.1) is 12.2 Å². The van der Waals surface area contributed by atoms with Crippen molar-refractivity contribution >= 4 is 28.1 Å². The summed E-state index contributed by atoms with van der Waals surface area (Å²) in [6.07, 6.45) is 7.77. The van der Waals surface area contributed by atoms with Gasteiger partial charge in [-0.2, -0.15) is 0 Å². The summed E-state index contributed by atoms with van der Waals surface area (Å²) in [5, 5.41) is 2.96. The molecule has 0 spiro atoms. The molecule has 1 aliphatic rings. The first kappa shape index (κ1) is 22.2. The number of allylic oxidation sites excluding steroid dienone is 3. The van der Waals surface area contributed by atoms with Crippen LogP contribution in [-0.2, 0) is 11.3 Å². The van der Waals surface area contributed by atoms with Gasteiger partial charge in [-0.1, -0.05) is 18.2 Å². The molecule has 1 aromatic heterocycles. The van der Waals surface area contributed by atoms with Gasteiger partial charge in [0.2, 0.25) is 0 Å². The van der Waals surface area contributed by atoms with Crippen LogP contribution in [0.25, 0.3) is 0 Å². The summed E-state index contributed by atoms with van der Waals surface area (Å²) >= 11 is 1.59. The summed E-state index contributed by atoms with van der Waals surface area (Å²) in [6, 6.07) is 5.99. The molecule has 5 nitrogen and oxygen atoms in total. The van der Waals surface area contributed by atoms with E-state index in [1.807, 2.05) is 24.5 Å². The molecule has 160 valence electrons. The second-order valence-corrected chi connectivity index (χ2v) is 8.39.